The second-order valence-electron chi connectivity index (χ2n) is 16.0. The van der Waals surface area contributed by atoms with Crippen LogP contribution in [0, 0.1) is 11.6 Å². The summed E-state index contributed by atoms with van der Waals surface area (Å²) in [5.41, 5.74) is 3.03. The van der Waals surface area contributed by atoms with E-state index in [-0.39, 0.29) is 46.3 Å². The molecule has 1 atom stereocenters. The van der Waals surface area contributed by atoms with Crippen molar-refractivity contribution >= 4 is 21.4 Å². The number of hydrogen-bond acceptors (Lipinski definition) is 7. The zero-order chi connectivity index (χ0) is 39.3. The van der Waals surface area contributed by atoms with Gasteiger partial charge in [-0.25, -0.2) is 17.2 Å². The van der Waals surface area contributed by atoms with Crippen LogP contribution >= 0.6 is 11.6 Å². The molecule has 1 aliphatic heterocycles. The Morgan fingerprint density at radius 3 is 1.69 bits per heavy atom. The summed E-state index contributed by atoms with van der Waals surface area (Å²) in [6.45, 7) is 21.2. The summed E-state index contributed by atoms with van der Waals surface area (Å²) < 4.78 is 76.1. The van der Waals surface area contributed by atoms with Gasteiger partial charge in [0.1, 0.15) is 28.3 Å². The minimum atomic E-state index is -2.99. The number of hydrogen-bond donors (Lipinski definition) is 0. The number of rotatable bonds is 11. The molecule has 1 heterocycles. The van der Waals surface area contributed by atoms with Gasteiger partial charge in [0.2, 0.25) is 0 Å². The molecule has 3 aromatic carbocycles. The normalized spacial score (nSPS) is 14.8. The van der Waals surface area contributed by atoms with Gasteiger partial charge in [-0.1, -0.05) is 92.1 Å². The number of halogens is 3. The van der Waals surface area contributed by atoms with E-state index >= 15 is 0 Å². The fourth-order valence-corrected chi connectivity index (χ4v) is 5.57. The van der Waals surface area contributed by atoms with Crippen molar-refractivity contribution in [3.8, 4) is 17.2 Å². The van der Waals surface area contributed by atoms with Crippen molar-refractivity contribution < 1.29 is 40.9 Å². The van der Waals surface area contributed by atoms with Gasteiger partial charge in [0.25, 0.3) is 0 Å². The third-order valence-corrected chi connectivity index (χ3v) is 9.38. The smallest absolute Gasteiger partial charge is 0.165 e. The largest absolute Gasteiger partial charge is 0.490 e. The van der Waals surface area contributed by atoms with Gasteiger partial charge in [-0.3, -0.25) is 0 Å². The molecule has 7 nitrogen and oxygen atoms in total. The summed E-state index contributed by atoms with van der Waals surface area (Å²) >= 11 is 6.06. The Balaban J connectivity index is 0.000000271. The molecule has 0 radical (unpaired) electrons. The van der Waals surface area contributed by atoms with E-state index in [0.29, 0.717) is 43.6 Å². The van der Waals surface area contributed by atoms with Crippen LogP contribution in [0.3, 0.4) is 0 Å². The average molecular weight is 769 g/mol. The first-order valence-electron chi connectivity index (χ1n) is 17.6. The predicted octanol–water partition coefficient (Wildman–Crippen LogP) is 9.89. The molecule has 1 saturated heterocycles. The first kappa shape index (κ1) is 45.2. The van der Waals surface area contributed by atoms with Gasteiger partial charge < -0.3 is 23.7 Å². The Morgan fingerprint density at radius 2 is 1.23 bits per heavy atom. The van der Waals surface area contributed by atoms with Crippen LogP contribution in [0.1, 0.15) is 91.8 Å². The van der Waals surface area contributed by atoms with Gasteiger partial charge in [-0.2, -0.15) is 0 Å². The Hall–Kier alpha value is -2.92. The highest BCUT2D eigenvalue weighted by Crippen LogP contribution is 2.32. The molecule has 3 aromatic rings. The lowest BCUT2D eigenvalue weighted by Gasteiger charge is -2.20. The van der Waals surface area contributed by atoms with Crippen LogP contribution < -0.4 is 14.2 Å². The Kier molecular flexibility index (Phi) is 17.4. The summed E-state index contributed by atoms with van der Waals surface area (Å²) in [5, 5.41) is 0.643. The second-order valence-corrected chi connectivity index (χ2v) is 18.6. The third-order valence-electron chi connectivity index (χ3n) is 8.04. The van der Waals surface area contributed by atoms with E-state index in [0.717, 1.165) is 23.3 Å². The van der Waals surface area contributed by atoms with Crippen molar-refractivity contribution in [2.75, 3.05) is 52.2 Å². The lowest BCUT2D eigenvalue weighted by atomic mass is 9.87. The molecule has 292 valence electrons. The standard InChI is InChI=1S/C14H21FO3S.C14H19FO2.C13H19ClO2/c1-14(2,3)11-6-7-13(12(15)10-11)18-8-5-9-19(4,16)17;1-14(2,3)10-4-5-13(12(15)8-10)17-11-6-7-16-9-11;1-13(2,3)10-5-6-11(14)12(9-10)16-8-7-15-4/h6-7,10H,5,8-9H2,1-4H3;4-5,8,11H,6-7,9H2,1-3H3;5-6,9H,7-8H2,1-4H3/t;11-;/m.1./s1. The molecular formula is C41H59ClF2O7S. The minimum absolute atomic E-state index is 0.00927. The number of methoxy groups -OCH3 is 1. The van der Waals surface area contributed by atoms with Gasteiger partial charge >= 0.3 is 0 Å². The molecule has 1 fully saturated rings. The summed E-state index contributed by atoms with van der Waals surface area (Å²) in [7, 11) is -1.34. The van der Waals surface area contributed by atoms with Crippen LogP contribution in [0.25, 0.3) is 0 Å². The molecule has 0 amide bonds. The Morgan fingerprint density at radius 1 is 0.731 bits per heavy atom. The quantitative estimate of drug-likeness (QED) is 0.180. The molecule has 52 heavy (non-hydrogen) atoms. The lowest BCUT2D eigenvalue weighted by Crippen LogP contribution is -2.17. The van der Waals surface area contributed by atoms with Crippen LogP contribution in [-0.4, -0.2) is 66.7 Å². The summed E-state index contributed by atoms with van der Waals surface area (Å²) in [6.07, 6.45) is 2.36. The summed E-state index contributed by atoms with van der Waals surface area (Å²) in [6, 6.07) is 16.0. The van der Waals surface area contributed by atoms with Gasteiger partial charge in [-0.05, 0) is 75.8 Å². The Bertz CT molecular complexity index is 1650. The van der Waals surface area contributed by atoms with Crippen molar-refractivity contribution in [3.63, 3.8) is 0 Å². The first-order valence-corrected chi connectivity index (χ1v) is 20.0. The van der Waals surface area contributed by atoms with E-state index < -0.39 is 15.7 Å². The van der Waals surface area contributed by atoms with Gasteiger partial charge in [0.05, 0.1) is 37.2 Å². The lowest BCUT2D eigenvalue weighted by molar-refractivity contribution is 0.138. The molecule has 0 spiro atoms. The first-order chi connectivity index (χ1) is 24.0. The summed E-state index contributed by atoms with van der Waals surface area (Å²) in [5.74, 6) is 0.576. The zero-order valence-corrected chi connectivity index (χ0v) is 34.4. The van der Waals surface area contributed by atoms with Gasteiger partial charge in [-0.15, -0.1) is 0 Å². The van der Waals surface area contributed by atoms with E-state index in [2.05, 4.69) is 41.5 Å². The average Bonchev–Trinajstić information content (AvgIpc) is 3.54. The van der Waals surface area contributed by atoms with Crippen molar-refractivity contribution in [2.24, 2.45) is 0 Å². The molecule has 0 bridgehead atoms. The highest BCUT2D eigenvalue weighted by molar-refractivity contribution is 7.90. The molecule has 0 saturated carbocycles. The highest BCUT2D eigenvalue weighted by Gasteiger charge is 2.21. The van der Waals surface area contributed by atoms with Crippen molar-refractivity contribution in [2.45, 2.75) is 97.5 Å². The van der Waals surface area contributed by atoms with Crippen LogP contribution in [-0.2, 0) is 35.6 Å². The molecule has 4 rings (SSSR count). The monoisotopic (exact) mass is 768 g/mol. The molecule has 0 N–H and O–H groups in total. The SMILES string of the molecule is CC(C)(C)c1ccc(OCCCS(C)(=O)=O)c(F)c1.CC(C)(C)c1ccc(O[C@@H]2CCOC2)c(F)c1.COCCOc1cc(C(C)(C)C)ccc1Cl. The number of sulfone groups is 1. The van der Waals surface area contributed by atoms with E-state index in [1.165, 1.54) is 17.9 Å². The minimum Gasteiger partial charge on any atom is -0.490 e. The maximum atomic E-state index is 13.9. The van der Waals surface area contributed by atoms with Crippen molar-refractivity contribution in [1.82, 2.24) is 0 Å². The molecule has 0 unspecified atom stereocenters. The molecule has 11 heteroatoms. The van der Waals surface area contributed by atoms with Gasteiger partial charge in [0.15, 0.2) is 23.1 Å². The van der Waals surface area contributed by atoms with Crippen LogP contribution in [0.2, 0.25) is 5.02 Å². The van der Waals surface area contributed by atoms with Crippen molar-refractivity contribution in [1.29, 1.82) is 0 Å². The fraction of sp³-hybridized carbons (Fsp3) is 0.561. The number of ether oxygens (including phenoxy) is 5. The van der Waals surface area contributed by atoms with Crippen LogP contribution in [0.5, 0.6) is 17.2 Å². The third kappa shape index (κ3) is 16.4. The molecule has 0 aliphatic carbocycles. The Labute approximate surface area is 316 Å². The maximum Gasteiger partial charge on any atom is 0.165 e. The van der Waals surface area contributed by atoms with Crippen LogP contribution in [0.4, 0.5) is 8.78 Å². The summed E-state index contributed by atoms with van der Waals surface area (Å²) in [4.78, 5) is 0. The second kappa shape index (κ2) is 20.0. The maximum absolute atomic E-state index is 13.9. The topological polar surface area (TPSA) is 80.3 Å². The highest BCUT2D eigenvalue weighted by atomic mass is 35.5. The van der Waals surface area contributed by atoms with Gasteiger partial charge in [0, 0.05) is 19.8 Å². The predicted molar refractivity (Wildman–Crippen MR) is 207 cm³/mol. The van der Waals surface area contributed by atoms with Crippen LogP contribution in [0.15, 0.2) is 54.6 Å². The molecular weight excluding hydrogens is 710 g/mol. The molecule has 1 aliphatic rings. The van der Waals surface area contributed by atoms with E-state index in [4.69, 9.17) is 35.3 Å². The molecule has 0 aromatic heterocycles. The fourth-order valence-electron chi connectivity index (χ4n) is 4.75. The van der Waals surface area contributed by atoms with E-state index in [1.54, 1.807) is 25.3 Å². The zero-order valence-electron chi connectivity index (χ0n) is 32.8. The van der Waals surface area contributed by atoms with E-state index in [1.807, 2.05) is 51.1 Å². The number of benzene rings is 3. The van der Waals surface area contributed by atoms with Crippen molar-refractivity contribution in [3.05, 3.63) is 87.9 Å². The van der Waals surface area contributed by atoms with E-state index in [9.17, 15) is 17.2 Å².